The fraction of sp³-hybridized carbons (Fsp3) is 0.316. The zero-order chi connectivity index (χ0) is 18.1. The van der Waals surface area contributed by atoms with E-state index in [0.29, 0.717) is 17.2 Å². The molecule has 0 aliphatic heterocycles. The molecular formula is C19H23N3O3. The highest BCUT2D eigenvalue weighted by atomic mass is 16.5. The van der Waals surface area contributed by atoms with Gasteiger partial charge in [0.05, 0.1) is 0 Å². The molecule has 2 rings (SSSR count). The SMILES string of the molecule is CC[C@H](C)NC(=O)CCNC(=O)c1ccnc(Oc2ccccc2)c1. The molecule has 0 saturated carbocycles. The van der Waals surface area contributed by atoms with Gasteiger partial charge in [0.25, 0.3) is 5.91 Å². The summed E-state index contributed by atoms with van der Waals surface area (Å²) in [4.78, 5) is 28.0. The minimum atomic E-state index is -0.267. The van der Waals surface area contributed by atoms with Crippen molar-refractivity contribution < 1.29 is 14.3 Å². The van der Waals surface area contributed by atoms with Crippen molar-refractivity contribution in [2.75, 3.05) is 6.54 Å². The van der Waals surface area contributed by atoms with Crippen LogP contribution in [0.3, 0.4) is 0 Å². The molecule has 6 nitrogen and oxygen atoms in total. The number of carbonyl (C=O) groups excluding carboxylic acids is 2. The highest BCUT2D eigenvalue weighted by Gasteiger charge is 2.10. The van der Waals surface area contributed by atoms with E-state index in [4.69, 9.17) is 4.74 Å². The summed E-state index contributed by atoms with van der Waals surface area (Å²) < 4.78 is 5.61. The Kier molecular flexibility index (Phi) is 6.95. The van der Waals surface area contributed by atoms with Crippen LogP contribution in [0.1, 0.15) is 37.0 Å². The highest BCUT2D eigenvalue weighted by Crippen LogP contribution is 2.19. The molecule has 1 aromatic heterocycles. The molecule has 1 atom stereocenters. The summed E-state index contributed by atoms with van der Waals surface area (Å²) in [7, 11) is 0. The van der Waals surface area contributed by atoms with Crippen LogP contribution < -0.4 is 15.4 Å². The fourth-order valence-corrected chi connectivity index (χ4v) is 2.06. The van der Waals surface area contributed by atoms with Crippen LogP contribution in [0.15, 0.2) is 48.7 Å². The molecular weight excluding hydrogens is 318 g/mol. The molecule has 0 radical (unpaired) electrons. The van der Waals surface area contributed by atoms with E-state index >= 15 is 0 Å². The van der Waals surface area contributed by atoms with E-state index in [1.54, 1.807) is 12.1 Å². The minimum Gasteiger partial charge on any atom is -0.439 e. The maximum absolute atomic E-state index is 12.2. The van der Waals surface area contributed by atoms with Crippen molar-refractivity contribution in [1.82, 2.24) is 15.6 Å². The summed E-state index contributed by atoms with van der Waals surface area (Å²) in [5.41, 5.74) is 0.434. The predicted molar refractivity (Wildman–Crippen MR) is 95.6 cm³/mol. The fourth-order valence-electron chi connectivity index (χ4n) is 2.06. The Morgan fingerprint density at radius 1 is 1.20 bits per heavy atom. The van der Waals surface area contributed by atoms with Gasteiger partial charge in [0, 0.05) is 36.8 Å². The molecule has 0 aliphatic rings. The molecule has 1 aromatic carbocycles. The van der Waals surface area contributed by atoms with E-state index in [-0.39, 0.29) is 30.8 Å². The van der Waals surface area contributed by atoms with Gasteiger partial charge in [0.1, 0.15) is 5.75 Å². The molecule has 0 aliphatic carbocycles. The molecule has 0 spiro atoms. The second-order valence-electron chi connectivity index (χ2n) is 5.68. The van der Waals surface area contributed by atoms with E-state index in [1.807, 2.05) is 44.2 Å². The van der Waals surface area contributed by atoms with E-state index < -0.39 is 0 Å². The molecule has 2 amide bonds. The number of amides is 2. The summed E-state index contributed by atoms with van der Waals surface area (Å²) in [6.07, 6.45) is 2.64. The summed E-state index contributed by atoms with van der Waals surface area (Å²) in [5.74, 6) is 0.650. The first-order valence-corrected chi connectivity index (χ1v) is 8.35. The molecule has 6 heteroatoms. The van der Waals surface area contributed by atoms with E-state index in [2.05, 4.69) is 15.6 Å². The Balaban J connectivity index is 1.85. The average molecular weight is 341 g/mol. The standard InChI is InChI=1S/C19H23N3O3/c1-3-14(2)22-17(23)10-12-21-19(24)15-9-11-20-18(13-15)25-16-7-5-4-6-8-16/h4-9,11,13-14H,3,10,12H2,1-2H3,(H,21,24)(H,22,23)/t14-/m0/s1. The van der Waals surface area contributed by atoms with Gasteiger partial charge in [0.2, 0.25) is 11.8 Å². The van der Waals surface area contributed by atoms with Crippen molar-refractivity contribution in [1.29, 1.82) is 0 Å². The topological polar surface area (TPSA) is 80.3 Å². The van der Waals surface area contributed by atoms with Gasteiger partial charge in [-0.15, -0.1) is 0 Å². The number of carbonyl (C=O) groups is 2. The van der Waals surface area contributed by atoms with Gasteiger partial charge in [0.15, 0.2) is 0 Å². The molecule has 0 unspecified atom stereocenters. The third-order valence-electron chi connectivity index (χ3n) is 3.62. The van der Waals surface area contributed by atoms with Crippen LogP contribution in [-0.2, 0) is 4.79 Å². The number of ether oxygens (including phenoxy) is 1. The van der Waals surface area contributed by atoms with E-state index in [0.717, 1.165) is 6.42 Å². The third-order valence-corrected chi connectivity index (χ3v) is 3.62. The number of para-hydroxylation sites is 1. The average Bonchev–Trinajstić information content (AvgIpc) is 2.62. The molecule has 0 saturated heterocycles. The minimum absolute atomic E-state index is 0.0718. The molecule has 1 heterocycles. The van der Waals surface area contributed by atoms with Gasteiger partial charge in [-0.2, -0.15) is 0 Å². The molecule has 132 valence electrons. The van der Waals surface area contributed by atoms with Crippen molar-refractivity contribution >= 4 is 11.8 Å². The number of hydrogen-bond acceptors (Lipinski definition) is 4. The smallest absolute Gasteiger partial charge is 0.251 e. The second-order valence-corrected chi connectivity index (χ2v) is 5.68. The van der Waals surface area contributed by atoms with Gasteiger partial charge in [-0.3, -0.25) is 9.59 Å². The number of aromatic nitrogens is 1. The quantitative estimate of drug-likeness (QED) is 0.774. The maximum atomic E-state index is 12.2. The maximum Gasteiger partial charge on any atom is 0.251 e. The van der Waals surface area contributed by atoms with E-state index in [9.17, 15) is 9.59 Å². The lowest BCUT2D eigenvalue weighted by Crippen LogP contribution is -2.35. The van der Waals surface area contributed by atoms with Gasteiger partial charge in [-0.25, -0.2) is 4.98 Å². The summed E-state index contributed by atoms with van der Waals surface area (Å²) >= 11 is 0. The first kappa shape index (κ1) is 18.4. The van der Waals surface area contributed by atoms with Gasteiger partial charge < -0.3 is 15.4 Å². The van der Waals surface area contributed by atoms with Gasteiger partial charge in [-0.1, -0.05) is 25.1 Å². The van der Waals surface area contributed by atoms with Crippen molar-refractivity contribution in [3.63, 3.8) is 0 Å². The van der Waals surface area contributed by atoms with Crippen LogP contribution in [0, 0.1) is 0 Å². The van der Waals surface area contributed by atoms with Crippen LogP contribution in [-0.4, -0.2) is 29.4 Å². The first-order chi connectivity index (χ1) is 12.1. The number of hydrogen-bond donors (Lipinski definition) is 2. The zero-order valence-electron chi connectivity index (χ0n) is 14.5. The second kappa shape index (κ2) is 9.42. The van der Waals surface area contributed by atoms with Crippen molar-refractivity contribution in [3.8, 4) is 11.6 Å². The Bertz CT molecular complexity index is 704. The van der Waals surface area contributed by atoms with Crippen LogP contribution in [0.5, 0.6) is 11.6 Å². The molecule has 2 N–H and O–H groups in total. The number of benzene rings is 1. The first-order valence-electron chi connectivity index (χ1n) is 8.35. The van der Waals surface area contributed by atoms with Crippen LogP contribution in [0.2, 0.25) is 0 Å². The van der Waals surface area contributed by atoms with Crippen molar-refractivity contribution in [2.24, 2.45) is 0 Å². The number of rotatable bonds is 8. The Morgan fingerprint density at radius 3 is 2.68 bits per heavy atom. The Hall–Kier alpha value is -2.89. The predicted octanol–water partition coefficient (Wildman–Crippen LogP) is 2.91. The Labute approximate surface area is 147 Å². The van der Waals surface area contributed by atoms with Crippen LogP contribution in [0.4, 0.5) is 0 Å². The summed E-state index contributed by atoms with van der Waals surface area (Å²) in [6.45, 7) is 4.23. The lowest BCUT2D eigenvalue weighted by molar-refractivity contribution is -0.121. The Morgan fingerprint density at radius 2 is 1.96 bits per heavy atom. The highest BCUT2D eigenvalue weighted by molar-refractivity contribution is 5.94. The molecule has 2 aromatic rings. The summed E-state index contributed by atoms with van der Waals surface area (Å²) in [6, 6.07) is 12.5. The molecule has 0 bridgehead atoms. The van der Waals surface area contributed by atoms with Gasteiger partial charge >= 0.3 is 0 Å². The van der Waals surface area contributed by atoms with Crippen LogP contribution in [0.25, 0.3) is 0 Å². The van der Waals surface area contributed by atoms with E-state index in [1.165, 1.54) is 6.20 Å². The monoisotopic (exact) mass is 341 g/mol. The van der Waals surface area contributed by atoms with Crippen molar-refractivity contribution in [2.45, 2.75) is 32.7 Å². The normalized spacial score (nSPS) is 11.4. The van der Waals surface area contributed by atoms with Crippen LogP contribution >= 0.6 is 0 Å². The molecule has 0 fully saturated rings. The zero-order valence-corrected chi connectivity index (χ0v) is 14.5. The molecule has 25 heavy (non-hydrogen) atoms. The summed E-state index contributed by atoms with van der Waals surface area (Å²) in [5, 5.41) is 5.59. The van der Waals surface area contributed by atoms with Crippen molar-refractivity contribution in [3.05, 3.63) is 54.2 Å². The number of nitrogens with zero attached hydrogens (tertiary/aromatic N) is 1. The lowest BCUT2D eigenvalue weighted by Gasteiger charge is -2.11. The number of pyridine rings is 1. The largest absolute Gasteiger partial charge is 0.439 e. The number of nitrogens with one attached hydrogen (secondary N) is 2. The van der Waals surface area contributed by atoms with Gasteiger partial charge in [-0.05, 0) is 31.5 Å². The third kappa shape index (κ3) is 6.25. The lowest BCUT2D eigenvalue weighted by atomic mass is 10.2.